The average Bonchev–Trinajstić information content (AvgIpc) is 2.77. The van der Waals surface area contributed by atoms with Crippen molar-refractivity contribution in [2.24, 2.45) is 0 Å². The van der Waals surface area contributed by atoms with Gasteiger partial charge in [-0.1, -0.05) is 35.9 Å². The Morgan fingerprint density at radius 3 is 2.50 bits per heavy atom. The van der Waals surface area contributed by atoms with Gasteiger partial charge >= 0.3 is 0 Å². The molecule has 0 saturated heterocycles. The monoisotopic (exact) mass is 520 g/mol. The standard InChI is InChI=1S/C25H26ClFN2O3S2/c1-16-7-8-17(2)23(13-16)29-34(31,32)24-14-19(10-9-18(24)3)25(30)28-11-12-33-15-20-21(26)5-4-6-22(20)27/h4-10,13-14,29H,11-12,15H2,1-3H3,(H,28,30). The highest BCUT2D eigenvalue weighted by molar-refractivity contribution is 7.98. The first kappa shape index (κ1) is 26.1. The molecule has 2 N–H and O–H groups in total. The van der Waals surface area contributed by atoms with Crippen LogP contribution in [0, 0.1) is 26.6 Å². The van der Waals surface area contributed by atoms with Crippen molar-refractivity contribution in [1.82, 2.24) is 5.32 Å². The lowest BCUT2D eigenvalue weighted by atomic mass is 10.1. The summed E-state index contributed by atoms with van der Waals surface area (Å²) in [7, 11) is -3.89. The van der Waals surface area contributed by atoms with Crippen LogP contribution in [0.15, 0.2) is 59.5 Å². The number of anilines is 1. The molecule has 5 nitrogen and oxygen atoms in total. The Labute approximate surface area is 209 Å². The molecule has 0 aliphatic rings. The highest BCUT2D eigenvalue weighted by atomic mass is 35.5. The first-order valence-corrected chi connectivity index (χ1v) is 13.6. The fourth-order valence-corrected chi connectivity index (χ4v) is 5.85. The second kappa shape index (κ2) is 11.3. The van der Waals surface area contributed by atoms with Gasteiger partial charge in [0.15, 0.2) is 0 Å². The quantitative estimate of drug-likeness (QED) is 0.346. The van der Waals surface area contributed by atoms with Gasteiger partial charge in [-0.15, -0.1) is 0 Å². The molecular weight excluding hydrogens is 495 g/mol. The fourth-order valence-electron chi connectivity index (χ4n) is 3.26. The zero-order valence-corrected chi connectivity index (χ0v) is 21.5. The van der Waals surface area contributed by atoms with E-state index in [4.69, 9.17) is 11.6 Å². The minimum absolute atomic E-state index is 0.0459. The zero-order valence-electron chi connectivity index (χ0n) is 19.1. The van der Waals surface area contributed by atoms with Crippen LogP contribution in [-0.2, 0) is 15.8 Å². The number of nitrogens with one attached hydrogen (secondary N) is 2. The Morgan fingerprint density at radius 2 is 1.76 bits per heavy atom. The van der Waals surface area contributed by atoms with Crippen LogP contribution in [0.4, 0.5) is 10.1 Å². The van der Waals surface area contributed by atoms with Gasteiger partial charge in [-0.25, -0.2) is 12.8 Å². The van der Waals surface area contributed by atoms with Crippen molar-refractivity contribution in [2.75, 3.05) is 17.0 Å². The van der Waals surface area contributed by atoms with E-state index in [0.29, 0.717) is 39.9 Å². The van der Waals surface area contributed by atoms with Crippen molar-refractivity contribution in [3.63, 3.8) is 0 Å². The zero-order chi connectivity index (χ0) is 24.9. The van der Waals surface area contributed by atoms with Gasteiger partial charge in [0.25, 0.3) is 15.9 Å². The van der Waals surface area contributed by atoms with Crippen LogP contribution >= 0.6 is 23.4 Å². The predicted molar refractivity (Wildman–Crippen MR) is 138 cm³/mol. The largest absolute Gasteiger partial charge is 0.351 e. The van der Waals surface area contributed by atoms with Crippen LogP contribution in [-0.4, -0.2) is 26.6 Å². The van der Waals surface area contributed by atoms with Gasteiger partial charge in [-0.05, 0) is 67.8 Å². The molecule has 1 amide bonds. The summed E-state index contributed by atoms with van der Waals surface area (Å²) < 4.78 is 42.6. The van der Waals surface area contributed by atoms with Crippen molar-refractivity contribution in [1.29, 1.82) is 0 Å². The summed E-state index contributed by atoms with van der Waals surface area (Å²) in [5, 5.41) is 3.15. The molecule has 3 aromatic carbocycles. The summed E-state index contributed by atoms with van der Waals surface area (Å²) in [6.45, 7) is 5.74. The van der Waals surface area contributed by atoms with Crippen molar-refractivity contribution in [3.05, 3.63) is 93.3 Å². The summed E-state index contributed by atoms with van der Waals surface area (Å²) in [6.07, 6.45) is 0. The van der Waals surface area contributed by atoms with E-state index < -0.39 is 10.0 Å². The van der Waals surface area contributed by atoms with Gasteiger partial charge in [0.05, 0.1) is 10.6 Å². The Morgan fingerprint density at radius 1 is 1.03 bits per heavy atom. The van der Waals surface area contributed by atoms with Gasteiger partial charge in [-0.2, -0.15) is 11.8 Å². The van der Waals surface area contributed by atoms with Gasteiger partial charge in [-0.3, -0.25) is 9.52 Å². The van der Waals surface area contributed by atoms with Gasteiger partial charge in [0.1, 0.15) is 5.82 Å². The number of thioether (sulfide) groups is 1. The third-order valence-electron chi connectivity index (χ3n) is 5.22. The molecule has 0 radical (unpaired) electrons. The Balaban J connectivity index is 1.63. The highest BCUT2D eigenvalue weighted by Gasteiger charge is 2.20. The molecule has 0 atom stereocenters. The lowest BCUT2D eigenvalue weighted by Gasteiger charge is -2.14. The summed E-state index contributed by atoms with van der Waals surface area (Å²) in [5.41, 5.74) is 3.45. The first-order chi connectivity index (χ1) is 16.1. The molecule has 0 saturated carbocycles. The van der Waals surface area contributed by atoms with E-state index in [0.717, 1.165) is 11.1 Å². The number of hydrogen-bond acceptors (Lipinski definition) is 4. The molecule has 0 spiro atoms. The van der Waals surface area contributed by atoms with Crippen LogP contribution in [0.5, 0.6) is 0 Å². The Kier molecular flexibility index (Phi) is 8.62. The molecule has 0 fully saturated rings. The lowest BCUT2D eigenvalue weighted by molar-refractivity contribution is 0.0956. The third-order valence-corrected chi connectivity index (χ3v) is 8.06. The smallest absolute Gasteiger partial charge is 0.262 e. The number of halogens is 2. The molecule has 0 heterocycles. The second-order valence-electron chi connectivity index (χ2n) is 7.91. The maximum atomic E-state index is 13.8. The fraction of sp³-hybridized carbons (Fsp3) is 0.240. The lowest BCUT2D eigenvalue weighted by Crippen LogP contribution is -2.26. The van der Waals surface area contributed by atoms with Crippen LogP contribution in [0.25, 0.3) is 0 Å². The number of amides is 1. The molecule has 3 aromatic rings. The maximum Gasteiger partial charge on any atom is 0.262 e. The molecule has 0 aliphatic carbocycles. The normalized spacial score (nSPS) is 11.3. The van der Waals surface area contributed by atoms with E-state index in [-0.39, 0.29) is 22.2 Å². The molecule has 34 heavy (non-hydrogen) atoms. The number of carbonyl (C=O) groups excluding carboxylic acids is 1. The number of rotatable bonds is 9. The Hall–Kier alpha value is -2.55. The molecule has 0 bridgehead atoms. The third kappa shape index (κ3) is 6.52. The summed E-state index contributed by atoms with van der Waals surface area (Å²) >= 11 is 7.47. The van der Waals surface area contributed by atoms with E-state index in [1.807, 2.05) is 26.0 Å². The van der Waals surface area contributed by atoms with Gasteiger partial charge in [0.2, 0.25) is 0 Å². The van der Waals surface area contributed by atoms with Crippen LogP contribution in [0.3, 0.4) is 0 Å². The van der Waals surface area contributed by atoms with E-state index in [9.17, 15) is 17.6 Å². The molecule has 0 unspecified atom stereocenters. The van der Waals surface area contributed by atoms with Crippen LogP contribution in [0.1, 0.15) is 32.6 Å². The minimum Gasteiger partial charge on any atom is -0.351 e. The SMILES string of the molecule is Cc1ccc(C)c(NS(=O)(=O)c2cc(C(=O)NCCSCc3c(F)cccc3Cl)ccc2C)c1. The van der Waals surface area contributed by atoms with Crippen molar-refractivity contribution < 1.29 is 17.6 Å². The number of hydrogen-bond donors (Lipinski definition) is 2. The van der Waals surface area contributed by atoms with E-state index >= 15 is 0 Å². The van der Waals surface area contributed by atoms with Crippen molar-refractivity contribution >= 4 is 45.0 Å². The van der Waals surface area contributed by atoms with Crippen molar-refractivity contribution in [2.45, 2.75) is 31.4 Å². The molecule has 0 aromatic heterocycles. The molecule has 0 aliphatic heterocycles. The number of sulfonamides is 1. The summed E-state index contributed by atoms with van der Waals surface area (Å²) in [5.74, 6) is 0.194. The highest BCUT2D eigenvalue weighted by Crippen LogP contribution is 2.25. The van der Waals surface area contributed by atoms with Crippen LogP contribution < -0.4 is 10.0 Å². The van der Waals surface area contributed by atoms with E-state index in [1.165, 1.54) is 23.9 Å². The number of aryl methyl sites for hydroxylation is 3. The molecule has 180 valence electrons. The molecule has 3 rings (SSSR count). The summed E-state index contributed by atoms with van der Waals surface area (Å²) in [6, 6.07) is 14.7. The topological polar surface area (TPSA) is 75.3 Å². The van der Waals surface area contributed by atoms with Crippen molar-refractivity contribution in [3.8, 4) is 0 Å². The molecular formula is C25H26ClFN2O3S2. The number of carbonyl (C=O) groups is 1. The van der Waals surface area contributed by atoms with Gasteiger partial charge < -0.3 is 5.32 Å². The predicted octanol–water partition coefficient (Wildman–Crippen LogP) is 5.87. The second-order valence-corrected chi connectivity index (χ2v) is 11.1. The Bertz CT molecular complexity index is 1290. The minimum atomic E-state index is -3.89. The maximum absolute atomic E-state index is 13.8. The van der Waals surface area contributed by atoms with Gasteiger partial charge in [0, 0.05) is 34.2 Å². The van der Waals surface area contributed by atoms with E-state index in [1.54, 1.807) is 37.3 Å². The first-order valence-electron chi connectivity index (χ1n) is 10.6. The molecule has 9 heteroatoms. The van der Waals surface area contributed by atoms with Crippen LogP contribution in [0.2, 0.25) is 5.02 Å². The van der Waals surface area contributed by atoms with E-state index in [2.05, 4.69) is 10.0 Å². The number of benzene rings is 3. The summed E-state index contributed by atoms with van der Waals surface area (Å²) in [4.78, 5) is 12.7. The average molecular weight is 521 g/mol.